The van der Waals surface area contributed by atoms with Crippen molar-refractivity contribution < 1.29 is 21.9 Å². The minimum atomic E-state index is -3.19. The second-order valence-electron chi connectivity index (χ2n) is 7.03. The summed E-state index contributed by atoms with van der Waals surface area (Å²) in [6.07, 6.45) is 3.84. The molecule has 2 rings (SSSR count). The Balaban J connectivity index is 0.00000110. The number of halogens is 2. The van der Waals surface area contributed by atoms with Gasteiger partial charge in [-0.1, -0.05) is 26.7 Å². The molecule has 0 aromatic heterocycles. The van der Waals surface area contributed by atoms with Crippen LogP contribution in [0, 0.1) is 0 Å². The van der Waals surface area contributed by atoms with Gasteiger partial charge in [-0.2, -0.15) is 18.2 Å². The molecule has 1 aliphatic heterocycles. The second kappa shape index (κ2) is 13.3. The van der Waals surface area contributed by atoms with Crippen LogP contribution in [0.15, 0.2) is 34.5 Å². The summed E-state index contributed by atoms with van der Waals surface area (Å²) in [5, 5.41) is 7.66. The number of hydrogen-bond acceptors (Lipinski definition) is 6. The lowest BCUT2D eigenvalue weighted by molar-refractivity contribution is -0.0498. The fraction of sp³-hybridized carbons (Fsp3) is 0.600. The second-order valence-corrected chi connectivity index (χ2v) is 9.01. The molecule has 1 saturated heterocycles. The molecule has 176 valence electrons. The van der Waals surface area contributed by atoms with Gasteiger partial charge in [-0.15, -0.1) is 5.10 Å². The first-order chi connectivity index (χ1) is 14.6. The van der Waals surface area contributed by atoms with E-state index in [1.807, 2.05) is 0 Å². The highest BCUT2D eigenvalue weighted by Gasteiger charge is 2.25. The van der Waals surface area contributed by atoms with Gasteiger partial charge >= 0.3 is 6.61 Å². The minimum absolute atomic E-state index is 0.0689. The number of nitrogens with zero attached hydrogens (tertiary/aromatic N) is 5. The number of benzene rings is 1. The monoisotopic (exact) mass is 461 g/mol. The van der Waals surface area contributed by atoms with E-state index in [1.165, 1.54) is 35.5 Å². The van der Waals surface area contributed by atoms with Crippen molar-refractivity contribution >= 4 is 28.3 Å². The summed E-state index contributed by atoms with van der Waals surface area (Å²) in [7, 11) is -1.41. The molecule has 0 spiro atoms. The number of hydrogen-bond donors (Lipinski definition) is 0. The van der Waals surface area contributed by atoms with Gasteiger partial charge in [-0.05, 0) is 24.3 Å². The smallest absolute Gasteiger partial charge is 0.387 e. The molecule has 0 aliphatic carbocycles. The largest absolute Gasteiger partial charge is 0.435 e. The SMILES string of the molecule is C=N/N=C(/CN1CCN(S(C)(=O)=O)CC1)N(C)c1ccc(OC(F)F)cc1.CCCC. The average Bonchev–Trinajstić information content (AvgIpc) is 2.73. The standard InChI is InChI=1S/C16H23F2N5O3S.C4H10/c1-19-20-15(12-22-8-10-23(11-9-22)27(3,24)25)21(2)13-4-6-14(7-5-13)26-16(17)18;1-3-4-2/h4-7,16H,1,8-12H2,2-3H3;3-4H2,1-2H3/b20-15-;. The maximum absolute atomic E-state index is 12.3. The van der Waals surface area contributed by atoms with Crippen LogP contribution in [0.4, 0.5) is 14.5 Å². The van der Waals surface area contributed by atoms with E-state index in [4.69, 9.17) is 0 Å². The summed E-state index contributed by atoms with van der Waals surface area (Å²) in [5.74, 6) is 0.666. The van der Waals surface area contributed by atoms with E-state index in [1.54, 1.807) is 24.1 Å². The van der Waals surface area contributed by atoms with E-state index < -0.39 is 16.6 Å². The van der Waals surface area contributed by atoms with Gasteiger partial charge in [0.15, 0.2) is 0 Å². The molecular weight excluding hydrogens is 428 g/mol. The number of alkyl halides is 2. The highest BCUT2D eigenvalue weighted by Crippen LogP contribution is 2.21. The maximum atomic E-state index is 12.3. The van der Waals surface area contributed by atoms with Crippen molar-refractivity contribution in [3.8, 4) is 5.75 Å². The third-order valence-corrected chi connectivity index (χ3v) is 5.99. The number of anilines is 1. The fourth-order valence-corrected chi connectivity index (χ4v) is 3.53. The molecule has 11 heteroatoms. The molecule has 0 unspecified atom stereocenters. The molecule has 0 radical (unpaired) electrons. The van der Waals surface area contributed by atoms with Crippen LogP contribution in [0.5, 0.6) is 5.75 Å². The van der Waals surface area contributed by atoms with Gasteiger partial charge in [-0.3, -0.25) is 4.90 Å². The number of rotatable bonds is 8. The Morgan fingerprint density at radius 1 is 1.16 bits per heavy atom. The molecule has 0 N–H and O–H groups in total. The molecule has 0 saturated carbocycles. The molecule has 1 aromatic carbocycles. The third kappa shape index (κ3) is 9.70. The first kappa shape index (κ1) is 26.9. The van der Waals surface area contributed by atoms with E-state index in [-0.39, 0.29) is 5.75 Å². The molecule has 31 heavy (non-hydrogen) atoms. The van der Waals surface area contributed by atoms with E-state index >= 15 is 0 Å². The lowest BCUT2D eigenvalue weighted by atomic mass is 10.2. The van der Waals surface area contributed by atoms with Crippen molar-refractivity contribution in [3.05, 3.63) is 24.3 Å². The number of amidine groups is 1. The van der Waals surface area contributed by atoms with Crippen LogP contribution in [0.3, 0.4) is 0 Å². The summed E-state index contributed by atoms with van der Waals surface area (Å²) >= 11 is 0. The summed E-state index contributed by atoms with van der Waals surface area (Å²) in [5.41, 5.74) is 0.716. The van der Waals surface area contributed by atoms with Gasteiger partial charge in [0.05, 0.1) is 12.8 Å². The Morgan fingerprint density at radius 3 is 2.13 bits per heavy atom. The molecule has 1 fully saturated rings. The Hall–Kier alpha value is -2.11. The van der Waals surface area contributed by atoms with Crippen LogP contribution >= 0.6 is 0 Å². The third-order valence-electron chi connectivity index (χ3n) is 4.69. The zero-order chi connectivity index (χ0) is 23.4. The number of ether oxygens (including phenoxy) is 1. The van der Waals surface area contributed by atoms with E-state index in [0.29, 0.717) is 44.2 Å². The Kier molecular flexibility index (Phi) is 11.6. The fourth-order valence-electron chi connectivity index (χ4n) is 2.71. The van der Waals surface area contributed by atoms with Gasteiger partial charge in [0, 0.05) is 45.6 Å². The van der Waals surface area contributed by atoms with Crippen LogP contribution in [0.2, 0.25) is 0 Å². The minimum Gasteiger partial charge on any atom is -0.435 e. The van der Waals surface area contributed by atoms with Crippen molar-refractivity contribution in [3.63, 3.8) is 0 Å². The number of piperazine rings is 1. The predicted molar refractivity (Wildman–Crippen MR) is 122 cm³/mol. The van der Waals surface area contributed by atoms with E-state index in [2.05, 4.69) is 40.4 Å². The molecular formula is C20H33F2N5O3S. The first-order valence-corrected chi connectivity index (χ1v) is 12.0. The topological polar surface area (TPSA) is 77.8 Å². The van der Waals surface area contributed by atoms with Crippen LogP contribution in [-0.4, -0.2) is 82.8 Å². The normalized spacial score (nSPS) is 15.9. The predicted octanol–water partition coefficient (Wildman–Crippen LogP) is 3.12. The Labute approximate surface area is 184 Å². The van der Waals surface area contributed by atoms with Crippen molar-refractivity contribution in [1.29, 1.82) is 0 Å². The summed E-state index contributed by atoms with van der Waals surface area (Å²) in [4.78, 5) is 3.83. The quantitative estimate of drug-likeness (QED) is 0.338. The van der Waals surface area contributed by atoms with Gasteiger partial charge in [-0.25, -0.2) is 8.42 Å². The zero-order valence-corrected chi connectivity index (χ0v) is 19.5. The molecule has 0 atom stereocenters. The van der Waals surface area contributed by atoms with Gasteiger partial charge in [0.25, 0.3) is 0 Å². The average molecular weight is 462 g/mol. The van der Waals surface area contributed by atoms with Crippen molar-refractivity contribution in [2.75, 3.05) is 50.9 Å². The van der Waals surface area contributed by atoms with Crippen LogP contribution in [0.25, 0.3) is 0 Å². The van der Waals surface area contributed by atoms with Gasteiger partial charge in [0.1, 0.15) is 11.6 Å². The van der Waals surface area contributed by atoms with Crippen LogP contribution < -0.4 is 9.64 Å². The lowest BCUT2D eigenvalue weighted by Crippen LogP contribution is -2.51. The van der Waals surface area contributed by atoms with Gasteiger partial charge < -0.3 is 9.64 Å². The molecule has 0 bridgehead atoms. The number of unbranched alkanes of at least 4 members (excludes halogenated alkanes) is 1. The number of likely N-dealkylation sites (N-methyl/N-ethyl adjacent to an activating group) is 1. The molecule has 0 amide bonds. The Bertz CT molecular complexity index is 794. The first-order valence-electron chi connectivity index (χ1n) is 10.1. The summed E-state index contributed by atoms with van der Waals surface area (Å²) < 4.78 is 53.5. The van der Waals surface area contributed by atoms with Crippen molar-refractivity contribution in [2.45, 2.75) is 33.3 Å². The highest BCUT2D eigenvalue weighted by molar-refractivity contribution is 7.88. The summed E-state index contributed by atoms with van der Waals surface area (Å²) in [6.45, 7) is 7.28. The summed E-state index contributed by atoms with van der Waals surface area (Å²) in [6, 6.07) is 6.17. The molecule has 1 heterocycles. The molecule has 1 aliphatic rings. The number of sulfonamides is 1. The molecule has 1 aromatic rings. The Morgan fingerprint density at radius 2 is 1.71 bits per heavy atom. The highest BCUT2D eigenvalue weighted by atomic mass is 32.2. The van der Waals surface area contributed by atoms with Crippen LogP contribution in [0.1, 0.15) is 26.7 Å². The zero-order valence-electron chi connectivity index (χ0n) is 18.7. The maximum Gasteiger partial charge on any atom is 0.387 e. The van der Waals surface area contributed by atoms with Crippen LogP contribution in [-0.2, 0) is 10.0 Å². The van der Waals surface area contributed by atoms with E-state index in [0.717, 1.165) is 0 Å². The van der Waals surface area contributed by atoms with Gasteiger partial charge in [0.2, 0.25) is 10.0 Å². The van der Waals surface area contributed by atoms with E-state index in [9.17, 15) is 17.2 Å². The van der Waals surface area contributed by atoms with Crippen molar-refractivity contribution in [2.24, 2.45) is 10.2 Å². The lowest BCUT2D eigenvalue weighted by Gasteiger charge is -2.34. The molecule has 8 nitrogen and oxygen atoms in total. The van der Waals surface area contributed by atoms with Crippen molar-refractivity contribution in [1.82, 2.24) is 9.21 Å².